The number of nitrogens with one attached hydrogen (secondary N) is 1. The van der Waals surface area contributed by atoms with E-state index in [0.717, 1.165) is 21.7 Å². The van der Waals surface area contributed by atoms with Crippen molar-refractivity contribution in [2.24, 2.45) is 5.92 Å². The van der Waals surface area contributed by atoms with Crippen LogP contribution in [0, 0.1) is 12.8 Å². The zero-order valence-electron chi connectivity index (χ0n) is 15.1. The Bertz CT molecular complexity index is 918. The monoisotopic (exact) mass is 378 g/mol. The number of carbonyl (C=O) groups is 1. The topological polar surface area (TPSA) is 62.2 Å². The number of nitrogens with zero attached hydrogens (tertiary/aromatic N) is 1. The third-order valence-electron chi connectivity index (χ3n) is 5.20. The summed E-state index contributed by atoms with van der Waals surface area (Å²) in [5.74, 6) is 0.119. The molecule has 0 radical (unpaired) electrons. The van der Waals surface area contributed by atoms with Crippen molar-refractivity contribution in [2.45, 2.75) is 31.9 Å². The van der Waals surface area contributed by atoms with E-state index in [1.54, 1.807) is 17.5 Å². The maximum absolute atomic E-state index is 13.2. The first-order valence-corrected chi connectivity index (χ1v) is 10.0. The van der Waals surface area contributed by atoms with Gasteiger partial charge in [-0.15, -0.1) is 11.3 Å². The molecule has 1 fully saturated rings. The largest absolute Gasteiger partial charge is 0.393 e. The molecular weight excluding hydrogens is 356 g/mol. The molecule has 2 aromatic heterocycles. The molecule has 138 valence electrons. The van der Waals surface area contributed by atoms with E-state index in [-0.39, 0.29) is 24.0 Å². The second kappa shape index (κ2) is 7.62. The van der Waals surface area contributed by atoms with E-state index in [2.05, 4.69) is 10.3 Å². The Hall–Kier alpha value is -2.50. The van der Waals surface area contributed by atoms with Crippen molar-refractivity contribution in [3.8, 4) is 11.1 Å². The molecule has 1 amide bonds. The Morgan fingerprint density at radius 2 is 1.93 bits per heavy atom. The Morgan fingerprint density at radius 3 is 2.59 bits per heavy atom. The number of aromatic nitrogens is 1. The van der Waals surface area contributed by atoms with Crippen molar-refractivity contribution in [3.63, 3.8) is 0 Å². The summed E-state index contributed by atoms with van der Waals surface area (Å²) in [4.78, 5) is 18.7. The summed E-state index contributed by atoms with van der Waals surface area (Å²) in [5, 5.41) is 14.8. The molecular formula is C22H22N2O2S. The van der Waals surface area contributed by atoms with Crippen LogP contribution in [0.25, 0.3) is 11.1 Å². The lowest BCUT2D eigenvalue weighted by atomic mass is 9.76. The molecule has 0 bridgehead atoms. The standard InChI is InChI=1S/C22H22N2O2S/c1-14-20(15-7-3-2-4-8-15)18(13-27-14)22(26)24-21(16-11-17(25)12-16)19-9-5-6-10-23-19/h2-10,13,16-17,21,25H,11-12H2,1H3,(H,24,26)/t16?,17?,21-/m1/s1. The Balaban J connectivity index is 1.63. The van der Waals surface area contributed by atoms with Crippen molar-refractivity contribution < 1.29 is 9.90 Å². The minimum absolute atomic E-state index is 0.0877. The van der Waals surface area contributed by atoms with Gasteiger partial charge in [-0.2, -0.15) is 0 Å². The van der Waals surface area contributed by atoms with E-state index >= 15 is 0 Å². The fraction of sp³-hybridized carbons (Fsp3) is 0.273. The molecule has 0 spiro atoms. The van der Waals surface area contributed by atoms with Crippen LogP contribution in [0.2, 0.25) is 0 Å². The van der Waals surface area contributed by atoms with Crippen molar-refractivity contribution >= 4 is 17.2 Å². The minimum Gasteiger partial charge on any atom is -0.393 e. The van der Waals surface area contributed by atoms with Gasteiger partial charge >= 0.3 is 0 Å². The van der Waals surface area contributed by atoms with Crippen molar-refractivity contribution in [3.05, 3.63) is 76.2 Å². The van der Waals surface area contributed by atoms with Gasteiger partial charge in [0.15, 0.2) is 0 Å². The number of thiophene rings is 1. The third kappa shape index (κ3) is 3.66. The minimum atomic E-state index is -0.276. The summed E-state index contributed by atoms with van der Waals surface area (Å²) in [5.41, 5.74) is 3.59. The van der Waals surface area contributed by atoms with Gasteiger partial charge in [0.2, 0.25) is 0 Å². The fourth-order valence-corrected chi connectivity index (χ4v) is 4.56. The average molecular weight is 378 g/mol. The van der Waals surface area contributed by atoms with E-state index in [1.807, 2.05) is 60.8 Å². The zero-order chi connectivity index (χ0) is 18.8. The fourth-order valence-electron chi connectivity index (χ4n) is 3.70. The number of benzene rings is 1. The van der Waals surface area contributed by atoms with Crippen molar-refractivity contribution in [1.82, 2.24) is 10.3 Å². The molecule has 4 rings (SSSR count). The summed E-state index contributed by atoms with van der Waals surface area (Å²) in [6.07, 6.45) is 2.85. The Labute approximate surface area is 162 Å². The number of amides is 1. The van der Waals surface area contributed by atoms with Gasteiger partial charge in [0.1, 0.15) is 0 Å². The van der Waals surface area contributed by atoms with Crippen LogP contribution in [0.4, 0.5) is 0 Å². The van der Waals surface area contributed by atoms with Gasteiger partial charge in [0, 0.05) is 22.0 Å². The molecule has 27 heavy (non-hydrogen) atoms. The third-order valence-corrected chi connectivity index (χ3v) is 6.11. The van der Waals surface area contributed by atoms with Gasteiger partial charge in [-0.1, -0.05) is 36.4 Å². The highest BCUT2D eigenvalue weighted by atomic mass is 32.1. The summed E-state index contributed by atoms with van der Waals surface area (Å²) in [7, 11) is 0. The maximum Gasteiger partial charge on any atom is 0.253 e. The lowest BCUT2D eigenvalue weighted by Crippen LogP contribution is -2.41. The molecule has 0 aliphatic heterocycles. The van der Waals surface area contributed by atoms with Crippen molar-refractivity contribution in [1.29, 1.82) is 0 Å². The number of rotatable bonds is 5. The highest BCUT2D eigenvalue weighted by molar-refractivity contribution is 7.10. The van der Waals surface area contributed by atoms with E-state index in [0.29, 0.717) is 18.4 Å². The van der Waals surface area contributed by atoms with Gasteiger partial charge < -0.3 is 10.4 Å². The summed E-state index contributed by atoms with van der Waals surface area (Å²) in [6, 6.07) is 15.6. The average Bonchev–Trinajstić information content (AvgIpc) is 3.07. The van der Waals surface area contributed by atoms with Gasteiger partial charge in [0.05, 0.1) is 23.4 Å². The van der Waals surface area contributed by atoms with Gasteiger partial charge in [-0.05, 0) is 43.4 Å². The zero-order valence-corrected chi connectivity index (χ0v) is 15.9. The second-order valence-electron chi connectivity index (χ2n) is 7.04. The normalized spacial score (nSPS) is 19.9. The van der Waals surface area contributed by atoms with Crippen LogP contribution in [0.5, 0.6) is 0 Å². The quantitative estimate of drug-likeness (QED) is 0.693. The number of aryl methyl sites for hydroxylation is 1. The smallest absolute Gasteiger partial charge is 0.253 e. The predicted octanol–water partition coefficient (Wildman–Crippen LogP) is 4.36. The number of aliphatic hydroxyl groups excluding tert-OH is 1. The van der Waals surface area contributed by atoms with E-state index in [1.165, 1.54) is 0 Å². The molecule has 4 nitrogen and oxygen atoms in total. The number of aliphatic hydroxyl groups is 1. The Kier molecular flexibility index (Phi) is 5.05. The van der Waals surface area contributed by atoms with Crippen LogP contribution in [-0.2, 0) is 0 Å². The van der Waals surface area contributed by atoms with Crippen LogP contribution < -0.4 is 5.32 Å². The van der Waals surface area contributed by atoms with Gasteiger partial charge in [-0.25, -0.2) is 0 Å². The highest BCUT2D eigenvalue weighted by Crippen LogP contribution is 2.38. The summed E-state index contributed by atoms with van der Waals surface area (Å²) < 4.78 is 0. The molecule has 5 heteroatoms. The molecule has 1 aliphatic rings. The predicted molar refractivity (Wildman–Crippen MR) is 108 cm³/mol. The van der Waals surface area contributed by atoms with Crippen molar-refractivity contribution in [2.75, 3.05) is 0 Å². The van der Waals surface area contributed by atoms with Gasteiger partial charge in [-0.3, -0.25) is 9.78 Å². The lowest BCUT2D eigenvalue weighted by molar-refractivity contribution is 0.0228. The number of hydrogen-bond acceptors (Lipinski definition) is 4. The Morgan fingerprint density at radius 1 is 1.19 bits per heavy atom. The number of carbonyl (C=O) groups excluding carboxylic acids is 1. The van der Waals surface area contributed by atoms with Crippen LogP contribution in [0.3, 0.4) is 0 Å². The van der Waals surface area contributed by atoms with Crippen LogP contribution in [0.15, 0.2) is 60.1 Å². The molecule has 1 atom stereocenters. The first-order valence-electron chi connectivity index (χ1n) is 9.17. The second-order valence-corrected chi connectivity index (χ2v) is 8.12. The molecule has 0 unspecified atom stereocenters. The molecule has 1 saturated carbocycles. The molecule has 1 aromatic carbocycles. The van der Waals surface area contributed by atoms with Crippen LogP contribution in [0.1, 0.15) is 39.8 Å². The lowest BCUT2D eigenvalue weighted by Gasteiger charge is -2.37. The van der Waals surface area contributed by atoms with E-state index < -0.39 is 0 Å². The first kappa shape index (κ1) is 17.9. The van der Waals surface area contributed by atoms with E-state index in [9.17, 15) is 9.90 Å². The number of pyridine rings is 1. The van der Waals surface area contributed by atoms with Crippen LogP contribution in [-0.4, -0.2) is 22.1 Å². The summed E-state index contributed by atoms with van der Waals surface area (Å²) in [6.45, 7) is 2.04. The van der Waals surface area contributed by atoms with E-state index in [4.69, 9.17) is 0 Å². The summed E-state index contributed by atoms with van der Waals surface area (Å²) >= 11 is 1.59. The molecule has 0 saturated heterocycles. The maximum atomic E-state index is 13.2. The van der Waals surface area contributed by atoms with Crippen LogP contribution >= 0.6 is 11.3 Å². The van der Waals surface area contributed by atoms with Gasteiger partial charge in [0.25, 0.3) is 5.91 Å². The SMILES string of the molecule is Cc1scc(C(=O)N[C@@H](c2ccccn2)C2CC(O)C2)c1-c1ccccc1. The number of hydrogen-bond donors (Lipinski definition) is 2. The molecule has 2 N–H and O–H groups in total. The highest BCUT2D eigenvalue weighted by Gasteiger charge is 2.36. The molecule has 3 aromatic rings. The molecule has 1 aliphatic carbocycles. The molecule has 2 heterocycles. The first-order chi connectivity index (χ1) is 13.1.